The molecule has 1 aromatic carbocycles. The highest BCUT2D eigenvalue weighted by atomic mass is 32.2. The first-order chi connectivity index (χ1) is 12.4. The van der Waals surface area contributed by atoms with Gasteiger partial charge in [0.25, 0.3) is 0 Å². The van der Waals surface area contributed by atoms with Crippen molar-refractivity contribution in [1.82, 2.24) is 25.5 Å². The first-order valence-electron chi connectivity index (χ1n) is 8.31. The number of rotatable bonds is 5. The van der Waals surface area contributed by atoms with E-state index in [4.69, 9.17) is 0 Å². The topological polar surface area (TPSA) is 72.7 Å². The van der Waals surface area contributed by atoms with Gasteiger partial charge in [0.05, 0.1) is 17.0 Å². The molecule has 2 aromatic rings. The molecule has 140 valence electrons. The van der Waals surface area contributed by atoms with E-state index >= 15 is 0 Å². The summed E-state index contributed by atoms with van der Waals surface area (Å²) in [7, 11) is 0. The molecule has 0 spiro atoms. The van der Waals surface area contributed by atoms with Crippen LogP contribution >= 0.6 is 11.8 Å². The van der Waals surface area contributed by atoms with Gasteiger partial charge in [0, 0.05) is 6.04 Å². The molecule has 0 aliphatic heterocycles. The minimum absolute atomic E-state index is 0.107. The normalized spacial score (nSPS) is 15.8. The van der Waals surface area contributed by atoms with Crippen molar-refractivity contribution in [3.63, 3.8) is 0 Å². The quantitative estimate of drug-likeness (QED) is 0.800. The number of thioether (sulfide) groups is 1. The van der Waals surface area contributed by atoms with E-state index in [1.54, 1.807) is 0 Å². The Kier molecular flexibility index (Phi) is 5.80. The molecular weight excluding hydrogens is 367 g/mol. The Labute approximate surface area is 152 Å². The lowest BCUT2D eigenvalue weighted by Crippen LogP contribution is -2.37. The van der Waals surface area contributed by atoms with E-state index < -0.39 is 11.7 Å². The number of halogens is 3. The third-order valence-corrected chi connectivity index (χ3v) is 5.08. The SMILES string of the molecule is O=C(CSc1nnnn1-c1cccc(C(F)(F)F)c1)NC1CCCCC1. The second-order valence-corrected chi connectivity index (χ2v) is 7.05. The fourth-order valence-electron chi connectivity index (χ4n) is 2.89. The van der Waals surface area contributed by atoms with Gasteiger partial charge in [-0.3, -0.25) is 4.79 Å². The van der Waals surface area contributed by atoms with Crippen LogP contribution in [0.3, 0.4) is 0 Å². The summed E-state index contributed by atoms with van der Waals surface area (Å²) in [6.45, 7) is 0. The Morgan fingerprint density at radius 1 is 1.27 bits per heavy atom. The van der Waals surface area contributed by atoms with Crippen molar-refractivity contribution >= 4 is 17.7 Å². The Morgan fingerprint density at radius 3 is 2.77 bits per heavy atom. The molecule has 0 saturated heterocycles. The smallest absolute Gasteiger partial charge is 0.353 e. The number of nitrogens with one attached hydrogen (secondary N) is 1. The molecule has 0 bridgehead atoms. The van der Waals surface area contributed by atoms with Crippen molar-refractivity contribution in [2.24, 2.45) is 0 Å². The molecule has 1 amide bonds. The first-order valence-corrected chi connectivity index (χ1v) is 9.30. The predicted octanol–water partition coefficient (Wildman–Crippen LogP) is 3.22. The van der Waals surface area contributed by atoms with Crippen LogP contribution < -0.4 is 5.32 Å². The molecule has 0 unspecified atom stereocenters. The van der Waals surface area contributed by atoms with Crippen LogP contribution in [-0.2, 0) is 11.0 Å². The van der Waals surface area contributed by atoms with Crippen LogP contribution in [0, 0.1) is 0 Å². The summed E-state index contributed by atoms with van der Waals surface area (Å²) in [5.74, 6) is -0.0176. The zero-order valence-corrected chi connectivity index (χ0v) is 14.7. The van der Waals surface area contributed by atoms with Crippen molar-refractivity contribution < 1.29 is 18.0 Å². The van der Waals surface area contributed by atoms with Crippen LogP contribution in [0.5, 0.6) is 0 Å². The van der Waals surface area contributed by atoms with Gasteiger partial charge in [0.15, 0.2) is 0 Å². The van der Waals surface area contributed by atoms with Crippen LogP contribution in [0.1, 0.15) is 37.7 Å². The number of amides is 1. The molecule has 1 aliphatic rings. The van der Waals surface area contributed by atoms with Gasteiger partial charge < -0.3 is 5.32 Å². The average Bonchev–Trinajstić information content (AvgIpc) is 3.09. The van der Waals surface area contributed by atoms with Gasteiger partial charge in [-0.25, -0.2) is 0 Å². The van der Waals surface area contributed by atoms with Gasteiger partial charge in [-0.1, -0.05) is 37.1 Å². The Hall–Kier alpha value is -2.10. The molecule has 10 heteroatoms. The van der Waals surface area contributed by atoms with E-state index in [2.05, 4.69) is 20.8 Å². The Balaban J connectivity index is 1.64. The molecule has 3 rings (SSSR count). The number of carbonyl (C=O) groups excluding carboxylic acids is 1. The zero-order valence-electron chi connectivity index (χ0n) is 13.9. The van der Waals surface area contributed by atoms with Crippen LogP contribution in [0.25, 0.3) is 5.69 Å². The van der Waals surface area contributed by atoms with Gasteiger partial charge in [-0.2, -0.15) is 17.9 Å². The predicted molar refractivity (Wildman–Crippen MR) is 89.9 cm³/mol. The third-order valence-electron chi connectivity index (χ3n) is 4.16. The summed E-state index contributed by atoms with van der Waals surface area (Å²) in [4.78, 5) is 12.1. The highest BCUT2D eigenvalue weighted by Crippen LogP contribution is 2.30. The molecule has 1 heterocycles. The highest BCUT2D eigenvalue weighted by Gasteiger charge is 2.30. The molecule has 1 saturated carbocycles. The van der Waals surface area contributed by atoms with Crippen LogP contribution in [0.4, 0.5) is 13.2 Å². The van der Waals surface area contributed by atoms with Gasteiger partial charge in [-0.15, -0.1) is 5.10 Å². The summed E-state index contributed by atoms with van der Waals surface area (Å²) < 4.78 is 39.8. The van der Waals surface area contributed by atoms with E-state index in [-0.39, 0.29) is 28.5 Å². The zero-order chi connectivity index (χ0) is 18.6. The number of hydrogen-bond donors (Lipinski definition) is 1. The maximum atomic E-state index is 12.9. The molecule has 1 fully saturated rings. The fourth-order valence-corrected chi connectivity index (χ4v) is 3.59. The number of tetrazole rings is 1. The maximum Gasteiger partial charge on any atom is 0.416 e. The number of aromatic nitrogens is 4. The number of benzene rings is 1. The van der Waals surface area contributed by atoms with E-state index in [0.717, 1.165) is 49.6 Å². The van der Waals surface area contributed by atoms with Crippen molar-refractivity contribution in [2.45, 2.75) is 49.5 Å². The van der Waals surface area contributed by atoms with Gasteiger partial charge in [0.2, 0.25) is 11.1 Å². The number of hydrogen-bond acceptors (Lipinski definition) is 5. The summed E-state index contributed by atoms with van der Waals surface area (Å²) in [6.07, 6.45) is 0.957. The minimum Gasteiger partial charge on any atom is -0.353 e. The fraction of sp³-hybridized carbons (Fsp3) is 0.500. The summed E-state index contributed by atoms with van der Waals surface area (Å²) in [5, 5.41) is 14.3. The summed E-state index contributed by atoms with van der Waals surface area (Å²) in [5.41, 5.74) is -0.587. The lowest BCUT2D eigenvalue weighted by atomic mass is 9.95. The largest absolute Gasteiger partial charge is 0.416 e. The standard InChI is InChI=1S/C16H18F3N5OS/c17-16(18,19)11-5-4-8-13(9-11)24-15(21-22-23-24)26-10-14(25)20-12-6-2-1-3-7-12/h4-5,8-9,12H,1-3,6-7,10H2,(H,20,25). The summed E-state index contributed by atoms with van der Waals surface area (Å²) >= 11 is 1.09. The van der Waals surface area contributed by atoms with Gasteiger partial charge in [0.1, 0.15) is 0 Å². The molecule has 26 heavy (non-hydrogen) atoms. The maximum absolute atomic E-state index is 12.9. The summed E-state index contributed by atoms with van der Waals surface area (Å²) in [6, 6.07) is 4.94. The molecule has 1 aliphatic carbocycles. The second-order valence-electron chi connectivity index (χ2n) is 6.11. The molecular formula is C16H18F3N5OS. The Bertz CT molecular complexity index is 758. The van der Waals surface area contributed by atoms with E-state index in [9.17, 15) is 18.0 Å². The van der Waals surface area contributed by atoms with Gasteiger partial charge in [-0.05, 0) is 41.5 Å². The molecule has 1 N–H and O–H groups in total. The molecule has 1 aromatic heterocycles. The van der Waals surface area contributed by atoms with Gasteiger partial charge >= 0.3 is 6.18 Å². The van der Waals surface area contributed by atoms with Crippen molar-refractivity contribution in [2.75, 3.05) is 5.75 Å². The minimum atomic E-state index is -4.45. The van der Waals surface area contributed by atoms with Crippen molar-refractivity contribution in [3.8, 4) is 5.69 Å². The monoisotopic (exact) mass is 385 g/mol. The van der Waals surface area contributed by atoms with E-state index in [1.807, 2.05) is 0 Å². The third kappa shape index (κ3) is 4.75. The van der Waals surface area contributed by atoms with Crippen molar-refractivity contribution in [1.29, 1.82) is 0 Å². The van der Waals surface area contributed by atoms with Crippen molar-refractivity contribution in [3.05, 3.63) is 29.8 Å². The van der Waals surface area contributed by atoms with Crippen LogP contribution in [0.15, 0.2) is 29.4 Å². The molecule has 0 atom stereocenters. The van der Waals surface area contributed by atoms with Crippen LogP contribution in [0.2, 0.25) is 0 Å². The number of carbonyl (C=O) groups is 1. The molecule has 0 radical (unpaired) electrons. The van der Waals surface area contributed by atoms with E-state index in [0.29, 0.717) is 0 Å². The second kappa shape index (κ2) is 8.07. The molecule has 6 nitrogen and oxygen atoms in total. The lowest BCUT2D eigenvalue weighted by molar-refractivity contribution is -0.137. The van der Waals surface area contributed by atoms with E-state index in [1.165, 1.54) is 23.2 Å². The van der Waals surface area contributed by atoms with Crippen LogP contribution in [-0.4, -0.2) is 37.9 Å². The Morgan fingerprint density at radius 2 is 2.04 bits per heavy atom. The lowest BCUT2D eigenvalue weighted by Gasteiger charge is -2.22. The highest BCUT2D eigenvalue weighted by molar-refractivity contribution is 7.99. The average molecular weight is 385 g/mol. The first kappa shape index (κ1) is 18.7. The number of nitrogens with zero attached hydrogens (tertiary/aromatic N) is 4. The number of alkyl halides is 3.